The second kappa shape index (κ2) is 2.97. The molecule has 1 rings (SSSR count). The zero-order valence-corrected chi connectivity index (χ0v) is 7.97. The van der Waals surface area contributed by atoms with Gasteiger partial charge in [0.15, 0.2) is 0 Å². The standard InChI is InChI=1S/C7H15NO3S/c1-12(10,11)6-2-3-7(8,4-6)5-9/h6,9H,2-5,8H2,1H3/t6-,7+/m1/s1. The van der Waals surface area contributed by atoms with Gasteiger partial charge in [0.1, 0.15) is 9.84 Å². The lowest BCUT2D eigenvalue weighted by Crippen LogP contribution is -2.41. The second-order valence-corrected chi connectivity index (χ2v) is 6.04. The van der Waals surface area contributed by atoms with Gasteiger partial charge in [-0.05, 0) is 19.3 Å². The smallest absolute Gasteiger partial charge is 0.150 e. The second-order valence-electron chi connectivity index (χ2n) is 3.71. The van der Waals surface area contributed by atoms with Gasteiger partial charge in [0.2, 0.25) is 0 Å². The van der Waals surface area contributed by atoms with E-state index < -0.39 is 15.4 Å². The molecule has 1 saturated carbocycles. The van der Waals surface area contributed by atoms with Crippen molar-refractivity contribution in [3.05, 3.63) is 0 Å². The van der Waals surface area contributed by atoms with E-state index in [0.717, 1.165) is 0 Å². The lowest BCUT2D eigenvalue weighted by Gasteiger charge is -2.20. The van der Waals surface area contributed by atoms with Crippen LogP contribution in [0.3, 0.4) is 0 Å². The number of rotatable bonds is 2. The summed E-state index contributed by atoms with van der Waals surface area (Å²) in [7, 11) is -2.97. The molecule has 3 N–H and O–H groups in total. The number of hydrogen-bond donors (Lipinski definition) is 2. The van der Waals surface area contributed by atoms with Crippen molar-refractivity contribution >= 4 is 9.84 Å². The van der Waals surface area contributed by atoms with Crippen molar-refractivity contribution in [2.45, 2.75) is 30.1 Å². The molecular weight excluding hydrogens is 178 g/mol. The predicted molar refractivity (Wildman–Crippen MR) is 46.5 cm³/mol. The van der Waals surface area contributed by atoms with Crippen molar-refractivity contribution in [3.8, 4) is 0 Å². The third-order valence-electron chi connectivity index (χ3n) is 2.52. The fourth-order valence-electron chi connectivity index (χ4n) is 1.62. The Morgan fingerprint density at radius 3 is 2.50 bits per heavy atom. The number of hydrogen-bond acceptors (Lipinski definition) is 4. The lowest BCUT2D eigenvalue weighted by molar-refractivity contribution is 0.200. The predicted octanol–water partition coefficient (Wildman–Crippen LogP) is -0.727. The van der Waals surface area contributed by atoms with Gasteiger partial charge in [0.25, 0.3) is 0 Å². The van der Waals surface area contributed by atoms with Crippen molar-refractivity contribution in [1.82, 2.24) is 0 Å². The minimum Gasteiger partial charge on any atom is -0.394 e. The van der Waals surface area contributed by atoms with Crippen LogP contribution in [0.4, 0.5) is 0 Å². The summed E-state index contributed by atoms with van der Waals surface area (Å²) in [6.07, 6.45) is 2.79. The lowest BCUT2D eigenvalue weighted by atomic mass is 10.0. The normalized spacial score (nSPS) is 37.1. The van der Waals surface area contributed by atoms with Crippen molar-refractivity contribution in [1.29, 1.82) is 0 Å². The highest BCUT2D eigenvalue weighted by molar-refractivity contribution is 7.91. The quantitative estimate of drug-likeness (QED) is 0.606. The summed E-state index contributed by atoms with van der Waals surface area (Å²) in [6, 6.07) is 0. The van der Waals surface area contributed by atoms with Crippen molar-refractivity contribution in [3.63, 3.8) is 0 Å². The molecule has 0 aromatic rings. The molecule has 0 radical (unpaired) electrons. The van der Waals surface area contributed by atoms with E-state index in [-0.39, 0.29) is 11.9 Å². The van der Waals surface area contributed by atoms with E-state index in [1.54, 1.807) is 0 Å². The molecule has 12 heavy (non-hydrogen) atoms. The minimum absolute atomic E-state index is 0.126. The van der Waals surface area contributed by atoms with Crippen molar-refractivity contribution in [2.24, 2.45) is 5.73 Å². The summed E-state index contributed by atoms with van der Waals surface area (Å²) in [5.74, 6) is 0. The average Bonchev–Trinajstić information content (AvgIpc) is 2.32. The molecule has 2 atom stereocenters. The van der Waals surface area contributed by atoms with Gasteiger partial charge in [-0.1, -0.05) is 0 Å². The summed E-state index contributed by atoms with van der Waals surface area (Å²) in [6.45, 7) is -0.126. The van der Waals surface area contributed by atoms with E-state index in [4.69, 9.17) is 10.8 Å². The molecule has 0 saturated heterocycles. The Labute approximate surface area is 72.7 Å². The first-order valence-electron chi connectivity index (χ1n) is 3.96. The zero-order valence-electron chi connectivity index (χ0n) is 7.16. The molecule has 0 aromatic carbocycles. The fourth-order valence-corrected chi connectivity index (χ4v) is 2.80. The fraction of sp³-hybridized carbons (Fsp3) is 1.00. The Morgan fingerprint density at radius 1 is 1.67 bits per heavy atom. The van der Waals surface area contributed by atoms with Gasteiger partial charge in [0.05, 0.1) is 11.9 Å². The SMILES string of the molecule is CS(=O)(=O)[C@@H]1CC[C@@](N)(CO)C1. The zero-order chi connectivity index (χ0) is 9.41. The Kier molecular flexibility index (Phi) is 2.47. The van der Waals surface area contributed by atoms with Crippen LogP contribution in [0.15, 0.2) is 0 Å². The molecule has 72 valence electrons. The van der Waals surface area contributed by atoms with Gasteiger partial charge in [-0.3, -0.25) is 0 Å². The number of sulfone groups is 1. The highest BCUT2D eigenvalue weighted by Gasteiger charge is 2.39. The van der Waals surface area contributed by atoms with E-state index >= 15 is 0 Å². The third-order valence-corrected chi connectivity index (χ3v) is 4.13. The first-order valence-corrected chi connectivity index (χ1v) is 5.91. The molecule has 0 amide bonds. The molecule has 0 aliphatic heterocycles. The maximum Gasteiger partial charge on any atom is 0.150 e. The van der Waals surface area contributed by atoms with Crippen LogP contribution in [0, 0.1) is 0 Å². The van der Waals surface area contributed by atoms with E-state index in [0.29, 0.717) is 19.3 Å². The topological polar surface area (TPSA) is 80.4 Å². The third kappa shape index (κ3) is 1.97. The number of aliphatic hydroxyl groups is 1. The van der Waals surface area contributed by atoms with Crippen LogP contribution in [0.1, 0.15) is 19.3 Å². The van der Waals surface area contributed by atoms with Crippen molar-refractivity contribution < 1.29 is 13.5 Å². The van der Waals surface area contributed by atoms with E-state index in [1.807, 2.05) is 0 Å². The summed E-state index contributed by atoms with van der Waals surface area (Å²) in [5.41, 5.74) is 5.07. The first kappa shape index (κ1) is 9.95. The average molecular weight is 193 g/mol. The van der Waals surface area contributed by atoms with Crippen LogP contribution in [0.5, 0.6) is 0 Å². The summed E-state index contributed by atoms with van der Waals surface area (Å²) >= 11 is 0. The Morgan fingerprint density at radius 2 is 2.25 bits per heavy atom. The van der Waals surface area contributed by atoms with Gasteiger partial charge in [0, 0.05) is 11.8 Å². The molecular formula is C7H15NO3S. The molecule has 0 spiro atoms. The van der Waals surface area contributed by atoms with E-state index in [9.17, 15) is 8.42 Å². The maximum atomic E-state index is 11.1. The Hall–Kier alpha value is -0.130. The first-order chi connectivity index (χ1) is 5.37. The molecule has 4 nitrogen and oxygen atoms in total. The largest absolute Gasteiger partial charge is 0.394 e. The monoisotopic (exact) mass is 193 g/mol. The molecule has 0 unspecified atom stereocenters. The number of aliphatic hydroxyl groups excluding tert-OH is 1. The highest BCUT2D eigenvalue weighted by atomic mass is 32.2. The Bertz CT molecular complexity index is 262. The van der Waals surface area contributed by atoms with Crippen LogP contribution in [-0.4, -0.2) is 37.2 Å². The number of nitrogens with two attached hydrogens (primary N) is 1. The van der Waals surface area contributed by atoms with E-state index in [1.165, 1.54) is 6.26 Å². The summed E-state index contributed by atoms with van der Waals surface area (Å²) < 4.78 is 22.2. The van der Waals surface area contributed by atoms with Crippen LogP contribution >= 0.6 is 0 Å². The molecule has 1 aliphatic rings. The van der Waals surface area contributed by atoms with Crippen LogP contribution < -0.4 is 5.73 Å². The van der Waals surface area contributed by atoms with Gasteiger partial charge >= 0.3 is 0 Å². The molecule has 0 bridgehead atoms. The molecule has 0 heterocycles. The van der Waals surface area contributed by atoms with Crippen LogP contribution in [0.25, 0.3) is 0 Å². The Balaban J connectivity index is 2.70. The van der Waals surface area contributed by atoms with Gasteiger partial charge < -0.3 is 10.8 Å². The highest BCUT2D eigenvalue weighted by Crippen LogP contribution is 2.31. The minimum atomic E-state index is -2.97. The molecule has 0 aromatic heterocycles. The van der Waals surface area contributed by atoms with Gasteiger partial charge in [-0.25, -0.2) is 8.42 Å². The molecule has 5 heteroatoms. The van der Waals surface area contributed by atoms with Crippen LogP contribution in [0.2, 0.25) is 0 Å². The van der Waals surface area contributed by atoms with Crippen LogP contribution in [-0.2, 0) is 9.84 Å². The molecule has 1 fully saturated rings. The molecule has 1 aliphatic carbocycles. The summed E-state index contributed by atoms with van der Waals surface area (Å²) in [5, 5.41) is 8.54. The van der Waals surface area contributed by atoms with Gasteiger partial charge in [-0.15, -0.1) is 0 Å². The maximum absolute atomic E-state index is 11.1. The van der Waals surface area contributed by atoms with E-state index in [2.05, 4.69) is 0 Å². The summed E-state index contributed by atoms with van der Waals surface area (Å²) in [4.78, 5) is 0. The van der Waals surface area contributed by atoms with Crippen molar-refractivity contribution in [2.75, 3.05) is 12.9 Å². The van der Waals surface area contributed by atoms with Gasteiger partial charge in [-0.2, -0.15) is 0 Å².